The lowest BCUT2D eigenvalue weighted by atomic mass is 10.0. The van der Waals surface area contributed by atoms with Crippen LogP contribution in [-0.2, 0) is 10.0 Å². The Morgan fingerprint density at radius 2 is 1.95 bits per heavy atom. The summed E-state index contributed by atoms with van der Waals surface area (Å²) < 4.78 is 39.9. The first-order valence-electron chi connectivity index (χ1n) is 6.90. The van der Waals surface area contributed by atoms with Crippen LogP contribution in [0.1, 0.15) is 31.2 Å². The molecule has 1 saturated carbocycles. The minimum absolute atomic E-state index is 0.0391. The van der Waals surface area contributed by atoms with Crippen LogP contribution in [0.2, 0.25) is 0 Å². The van der Waals surface area contributed by atoms with Gasteiger partial charge in [-0.1, -0.05) is 12.8 Å². The van der Waals surface area contributed by atoms with E-state index in [-0.39, 0.29) is 12.2 Å². The fraction of sp³-hybridized carbons (Fsp3) is 0.571. The standard InChI is InChI=1S/C14H21FN2O3S/c1-10-7-11(15)13(8-12(10)16)21(19,20)17(2)9-14(18)5-3-4-6-14/h7-8,18H,3-6,9,16H2,1-2H3. The van der Waals surface area contributed by atoms with Gasteiger partial charge in [0.25, 0.3) is 0 Å². The van der Waals surface area contributed by atoms with E-state index in [9.17, 15) is 17.9 Å². The van der Waals surface area contributed by atoms with E-state index in [0.717, 1.165) is 29.3 Å². The fourth-order valence-corrected chi connectivity index (χ4v) is 4.05. The third-order valence-corrected chi connectivity index (χ3v) is 5.88. The first-order chi connectivity index (χ1) is 9.66. The van der Waals surface area contributed by atoms with E-state index in [2.05, 4.69) is 0 Å². The molecule has 3 N–H and O–H groups in total. The Balaban J connectivity index is 2.31. The van der Waals surface area contributed by atoms with Crippen molar-refractivity contribution in [3.63, 3.8) is 0 Å². The van der Waals surface area contributed by atoms with Crippen molar-refractivity contribution < 1.29 is 17.9 Å². The number of benzene rings is 1. The number of anilines is 1. The van der Waals surface area contributed by atoms with Gasteiger partial charge in [-0.25, -0.2) is 12.8 Å². The maximum Gasteiger partial charge on any atom is 0.245 e. The van der Waals surface area contributed by atoms with E-state index in [4.69, 9.17) is 5.73 Å². The van der Waals surface area contributed by atoms with Crippen molar-refractivity contribution in [3.05, 3.63) is 23.5 Å². The van der Waals surface area contributed by atoms with E-state index in [0.29, 0.717) is 18.4 Å². The molecule has 1 aromatic carbocycles. The summed E-state index contributed by atoms with van der Waals surface area (Å²) in [6.07, 6.45) is 2.86. The van der Waals surface area contributed by atoms with Crippen LogP contribution in [0.4, 0.5) is 10.1 Å². The second-order valence-electron chi connectivity index (χ2n) is 5.83. The first-order valence-corrected chi connectivity index (χ1v) is 8.34. The van der Waals surface area contributed by atoms with Gasteiger partial charge in [-0.3, -0.25) is 0 Å². The SMILES string of the molecule is Cc1cc(F)c(S(=O)(=O)N(C)CC2(O)CCCC2)cc1N. The Hall–Kier alpha value is -1.18. The molecule has 0 saturated heterocycles. The van der Waals surface area contributed by atoms with Crippen LogP contribution in [-0.4, -0.2) is 37.0 Å². The third-order valence-electron chi connectivity index (χ3n) is 4.06. The molecule has 1 aliphatic carbocycles. The minimum Gasteiger partial charge on any atom is -0.398 e. The molecule has 2 rings (SSSR count). The van der Waals surface area contributed by atoms with Gasteiger partial charge in [-0.15, -0.1) is 0 Å². The third kappa shape index (κ3) is 3.20. The number of nitrogens with two attached hydrogens (primary N) is 1. The summed E-state index contributed by atoms with van der Waals surface area (Å²) in [5.41, 5.74) is 5.37. The number of aryl methyl sites for hydroxylation is 1. The fourth-order valence-electron chi connectivity index (χ4n) is 2.72. The first kappa shape index (κ1) is 16.2. The maximum absolute atomic E-state index is 14.0. The largest absolute Gasteiger partial charge is 0.398 e. The van der Waals surface area contributed by atoms with Crippen LogP contribution < -0.4 is 5.73 Å². The summed E-state index contributed by atoms with van der Waals surface area (Å²) in [6, 6.07) is 2.25. The van der Waals surface area contributed by atoms with Gasteiger partial charge in [0, 0.05) is 19.3 Å². The molecule has 7 heteroatoms. The van der Waals surface area contributed by atoms with Crippen molar-refractivity contribution in [3.8, 4) is 0 Å². The summed E-state index contributed by atoms with van der Waals surface area (Å²) in [4.78, 5) is -0.449. The average Bonchev–Trinajstić information content (AvgIpc) is 2.80. The molecule has 0 amide bonds. The number of sulfonamides is 1. The number of hydrogen-bond donors (Lipinski definition) is 2. The predicted molar refractivity (Wildman–Crippen MR) is 78.8 cm³/mol. The highest BCUT2D eigenvalue weighted by Crippen LogP contribution is 2.32. The van der Waals surface area contributed by atoms with E-state index >= 15 is 0 Å². The van der Waals surface area contributed by atoms with Crippen molar-refractivity contribution in [2.45, 2.75) is 43.1 Å². The average molecular weight is 316 g/mol. The van der Waals surface area contributed by atoms with Gasteiger partial charge in [0.15, 0.2) is 0 Å². The van der Waals surface area contributed by atoms with E-state index < -0.39 is 26.3 Å². The Kier molecular flexibility index (Phi) is 4.28. The zero-order valence-electron chi connectivity index (χ0n) is 12.3. The van der Waals surface area contributed by atoms with Gasteiger partial charge in [0.05, 0.1) is 5.60 Å². The van der Waals surface area contributed by atoms with Crippen LogP contribution in [0, 0.1) is 12.7 Å². The number of hydrogen-bond acceptors (Lipinski definition) is 4. The summed E-state index contributed by atoms with van der Waals surface area (Å²) in [7, 11) is -2.67. The molecule has 21 heavy (non-hydrogen) atoms. The van der Waals surface area contributed by atoms with Crippen LogP contribution in [0.15, 0.2) is 17.0 Å². The number of aliphatic hydroxyl groups is 1. The second kappa shape index (κ2) is 5.55. The Morgan fingerprint density at radius 3 is 2.52 bits per heavy atom. The molecule has 0 unspecified atom stereocenters. The van der Waals surface area contributed by atoms with Gasteiger partial charge < -0.3 is 10.8 Å². The quantitative estimate of drug-likeness (QED) is 0.827. The van der Waals surface area contributed by atoms with Crippen molar-refractivity contribution in [1.29, 1.82) is 0 Å². The number of rotatable bonds is 4. The van der Waals surface area contributed by atoms with Crippen LogP contribution >= 0.6 is 0 Å². The predicted octanol–water partition coefficient (Wildman–Crippen LogP) is 1.64. The number of nitrogens with zero attached hydrogens (tertiary/aromatic N) is 1. The lowest BCUT2D eigenvalue weighted by Gasteiger charge is -2.28. The molecular weight excluding hydrogens is 295 g/mol. The highest BCUT2D eigenvalue weighted by molar-refractivity contribution is 7.89. The van der Waals surface area contributed by atoms with Gasteiger partial charge in [-0.2, -0.15) is 4.31 Å². The summed E-state index contributed by atoms with van der Waals surface area (Å²) in [5, 5.41) is 10.3. The molecule has 0 heterocycles. The van der Waals surface area contributed by atoms with Crippen molar-refractivity contribution >= 4 is 15.7 Å². The summed E-state index contributed by atoms with van der Waals surface area (Å²) in [5.74, 6) is -0.827. The van der Waals surface area contributed by atoms with Crippen LogP contribution in [0.25, 0.3) is 0 Å². The highest BCUT2D eigenvalue weighted by Gasteiger charge is 2.36. The normalized spacial score (nSPS) is 18.3. The molecule has 0 radical (unpaired) electrons. The lowest BCUT2D eigenvalue weighted by molar-refractivity contribution is 0.0333. The molecule has 118 valence electrons. The molecule has 1 fully saturated rings. The van der Waals surface area contributed by atoms with E-state index in [1.807, 2.05) is 0 Å². The van der Waals surface area contributed by atoms with Crippen LogP contribution in [0.3, 0.4) is 0 Å². The van der Waals surface area contributed by atoms with Gasteiger partial charge in [-0.05, 0) is 37.5 Å². The van der Waals surface area contributed by atoms with E-state index in [1.165, 1.54) is 7.05 Å². The monoisotopic (exact) mass is 316 g/mol. The maximum atomic E-state index is 14.0. The molecule has 5 nitrogen and oxygen atoms in total. The molecule has 0 spiro atoms. The molecule has 0 aliphatic heterocycles. The Morgan fingerprint density at radius 1 is 1.38 bits per heavy atom. The van der Waals surface area contributed by atoms with Gasteiger partial charge in [0.2, 0.25) is 10.0 Å². The number of likely N-dealkylation sites (N-methyl/N-ethyl adjacent to an activating group) is 1. The molecule has 1 aliphatic rings. The smallest absolute Gasteiger partial charge is 0.245 e. The van der Waals surface area contributed by atoms with Crippen LogP contribution in [0.5, 0.6) is 0 Å². The molecule has 0 aromatic heterocycles. The topological polar surface area (TPSA) is 83.6 Å². The highest BCUT2D eigenvalue weighted by atomic mass is 32.2. The zero-order chi connectivity index (χ0) is 15.8. The molecule has 0 atom stereocenters. The van der Waals surface area contributed by atoms with Crippen molar-refractivity contribution in [2.24, 2.45) is 0 Å². The second-order valence-corrected chi connectivity index (χ2v) is 7.85. The number of nitrogen functional groups attached to an aromatic ring is 1. The van der Waals surface area contributed by atoms with E-state index in [1.54, 1.807) is 6.92 Å². The number of halogens is 1. The lowest BCUT2D eigenvalue weighted by Crippen LogP contribution is -2.42. The Labute approximate surface area is 124 Å². The zero-order valence-corrected chi connectivity index (χ0v) is 13.1. The van der Waals surface area contributed by atoms with Gasteiger partial charge in [0.1, 0.15) is 10.7 Å². The van der Waals surface area contributed by atoms with Gasteiger partial charge >= 0.3 is 0 Å². The summed E-state index contributed by atoms with van der Waals surface area (Å²) >= 11 is 0. The van der Waals surface area contributed by atoms with Crippen molar-refractivity contribution in [2.75, 3.05) is 19.3 Å². The summed E-state index contributed by atoms with van der Waals surface area (Å²) in [6.45, 7) is 1.57. The molecule has 1 aromatic rings. The minimum atomic E-state index is -4.02. The molecular formula is C14H21FN2O3S. The Bertz CT molecular complexity index is 640. The molecule has 0 bridgehead atoms. The van der Waals surface area contributed by atoms with Crippen molar-refractivity contribution in [1.82, 2.24) is 4.31 Å².